The number of carbonyl (C=O) groups excluding carboxylic acids is 3. The largest absolute Gasteiger partial charge is 0.496 e. The van der Waals surface area contributed by atoms with Crippen molar-refractivity contribution < 1.29 is 19.1 Å². The molecule has 1 fully saturated rings. The molecule has 0 spiro atoms. The number of urea groups is 1. The second-order valence-electron chi connectivity index (χ2n) is 7.47. The third kappa shape index (κ3) is 4.09. The molecule has 0 aliphatic carbocycles. The maximum absolute atomic E-state index is 12.7. The molecule has 1 aromatic heterocycles. The Bertz CT molecular complexity index is 1150. The zero-order chi connectivity index (χ0) is 22.0. The van der Waals surface area contributed by atoms with Gasteiger partial charge in [-0.15, -0.1) is 0 Å². The minimum Gasteiger partial charge on any atom is -0.496 e. The van der Waals surface area contributed by atoms with E-state index in [1.165, 1.54) is 0 Å². The van der Waals surface area contributed by atoms with E-state index in [1.807, 2.05) is 66.3 Å². The van der Waals surface area contributed by atoms with Crippen LogP contribution in [-0.4, -0.2) is 47.0 Å². The molecule has 2 N–H and O–H groups in total. The Morgan fingerprint density at radius 2 is 1.94 bits per heavy atom. The highest BCUT2D eigenvalue weighted by Gasteiger charge is 2.38. The van der Waals surface area contributed by atoms with Crippen molar-refractivity contribution in [3.63, 3.8) is 0 Å². The highest BCUT2D eigenvalue weighted by atomic mass is 16.5. The number of rotatable bonds is 7. The molecular weight excluding hydrogens is 396 g/mol. The fraction of sp³-hybridized carbons (Fsp3) is 0.261. The van der Waals surface area contributed by atoms with Gasteiger partial charge in [-0.1, -0.05) is 24.3 Å². The number of hydrogen-bond donors (Lipinski definition) is 2. The summed E-state index contributed by atoms with van der Waals surface area (Å²) >= 11 is 0. The molecule has 2 aromatic carbocycles. The summed E-state index contributed by atoms with van der Waals surface area (Å²) in [5.41, 5.74) is 2.57. The predicted molar refractivity (Wildman–Crippen MR) is 117 cm³/mol. The minimum absolute atomic E-state index is 0.126. The number of amides is 4. The average Bonchev–Trinajstić information content (AvgIpc) is 3.27. The molecule has 1 aliphatic heterocycles. The van der Waals surface area contributed by atoms with E-state index in [9.17, 15) is 14.4 Å². The van der Waals surface area contributed by atoms with E-state index in [4.69, 9.17) is 4.74 Å². The van der Waals surface area contributed by atoms with Gasteiger partial charge in [0.05, 0.1) is 19.2 Å². The number of carbonyl (C=O) groups is 3. The van der Waals surface area contributed by atoms with Crippen molar-refractivity contribution in [1.29, 1.82) is 0 Å². The van der Waals surface area contributed by atoms with Crippen molar-refractivity contribution in [2.24, 2.45) is 7.05 Å². The first kappa shape index (κ1) is 20.5. The van der Waals surface area contributed by atoms with Gasteiger partial charge in [0.25, 0.3) is 5.91 Å². The van der Waals surface area contributed by atoms with Crippen LogP contribution < -0.4 is 15.4 Å². The maximum Gasteiger partial charge on any atom is 0.324 e. The number of fused-ring (bicyclic) bond motifs is 1. The Balaban J connectivity index is 1.38. The Morgan fingerprint density at radius 3 is 2.74 bits per heavy atom. The van der Waals surface area contributed by atoms with Gasteiger partial charge >= 0.3 is 6.03 Å². The summed E-state index contributed by atoms with van der Waals surface area (Å²) in [6, 6.07) is 13.7. The van der Waals surface area contributed by atoms with Gasteiger partial charge in [-0.05, 0) is 36.2 Å². The molecule has 160 valence electrons. The van der Waals surface area contributed by atoms with Gasteiger partial charge < -0.3 is 19.9 Å². The van der Waals surface area contributed by atoms with E-state index < -0.39 is 18.0 Å². The van der Waals surface area contributed by atoms with Crippen molar-refractivity contribution in [3.05, 3.63) is 60.3 Å². The summed E-state index contributed by atoms with van der Waals surface area (Å²) in [4.78, 5) is 38.8. The highest BCUT2D eigenvalue weighted by Crippen LogP contribution is 2.24. The second-order valence-corrected chi connectivity index (χ2v) is 7.47. The van der Waals surface area contributed by atoms with Crippen molar-refractivity contribution in [3.8, 4) is 5.75 Å². The van der Waals surface area contributed by atoms with E-state index >= 15 is 0 Å². The first-order chi connectivity index (χ1) is 15.0. The van der Waals surface area contributed by atoms with Crippen LogP contribution in [-0.2, 0) is 23.1 Å². The SMILES string of the molecule is COc1ccccc1CCN1C(=O)N[C@H](CC(=O)Nc2cccc3c2ccn3C)C1=O. The topological polar surface area (TPSA) is 92.7 Å². The van der Waals surface area contributed by atoms with Gasteiger partial charge in [0, 0.05) is 30.7 Å². The monoisotopic (exact) mass is 420 g/mol. The lowest BCUT2D eigenvalue weighted by Crippen LogP contribution is -2.35. The van der Waals surface area contributed by atoms with Crippen LogP contribution in [0, 0.1) is 0 Å². The molecule has 3 aromatic rings. The molecule has 1 saturated heterocycles. The van der Waals surface area contributed by atoms with Crippen LogP contribution in [0.2, 0.25) is 0 Å². The molecule has 4 rings (SSSR count). The molecule has 0 radical (unpaired) electrons. The van der Waals surface area contributed by atoms with E-state index in [-0.39, 0.29) is 18.9 Å². The van der Waals surface area contributed by atoms with Crippen LogP contribution in [0.1, 0.15) is 12.0 Å². The number of nitrogens with zero attached hydrogens (tertiary/aromatic N) is 2. The number of imide groups is 1. The smallest absolute Gasteiger partial charge is 0.324 e. The summed E-state index contributed by atoms with van der Waals surface area (Å²) in [6.07, 6.45) is 2.26. The normalized spacial score (nSPS) is 15.9. The van der Waals surface area contributed by atoms with E-state index in [0.717, 1.165) is 21.4 Å². The Kier molecular flexibility index (Phi) is 5.62. The van der Waals surface area contributed by atoms with Crippen LogP contribution in [0.15, 0.2) is 54.7 Å². The lowest BCUT2D eigenvalue weighted by Gasteiger charge is -2.14. The third-order valence-corrected chi connectivity index (χ3v) is 5.50. The van der Waals surface area contributed by atoms with Crippen molar-refractivity contribution in [1.82, 2.24) is 14.8 Å². The zero-order valence-electron chi connectivity index (χ0n) is 17.4. The van der Waals surface area contributed by atoms with Crippen LogP contribution in [0.4, 0.5) is 10.5 Å². The average molecular weight is 420 g/mol. The lowest BCUT2D eigenvalue weighted by atomic mass is 10.1. The molecule has 2 heterocycles. The number of ether oxygens (including phenoxy) is 1. The lowest BCUT2D eigenvalue weighted by molar-refractivity contribution is -0.129. The molecule has 1 aliphatic rings. The number of aryl methyl sites for hydroxylation is 1. The van der Waals surface area contributed by atoms with Gasteiger partial charge in [0.1, 0.15) is 11.8 Å². The summed E-state index contributed by atoms with van der Waals surface area (Å²) in [5.74, 6) is -0.0184. The molecule has 8 nitrogen and oxygen atoms in total. The van der Waals surface area contributed by atoms with Crippen molar-refractivity contribution in [2.75, 3.05) is 19.0 Å². The molecule has 0 saturated carbocycles. The highest BCUT2D eigenvalue weighted by molar-refractivity contribution is 6.08. The summed E-state index contributed by atoms with van der Waals surface area (Å²) in [5, 5.41) is 6.39. The number of benzene rings is 2. The summed E-state index contributed by atoms with van der Waals surface area (Å²) in [7, 11) is 3.51. The molecule has 31 heavy (non-hydrogen) atoms. The van der Waals surface area contributed by atoms with Crippen LogP contribution in [0.25, 0.3) is 10.9 Å². The number of methoxy groups -OCH3 is 1. The second kappa shape index (κ2) is 8.51. The summed E-state index contributed by atoms with van der Waals surface area (Å²) in [6.45, 7) is 0.215. The standard InChI is InChI=1S/C23H24N4O4/c1-26-12-11-16-17(7-5-8-19(16)26)24-21(28)14-18-22(29)27(23(30)25-18)13-10-15-6-3-4-9-20(15)31-2/h3-9,11-12,18H,10,13-14H2,1-2H3,(H,24,28)(H,25,30)/t18-/m1/s1. The van der Waals surface area contributed by atoms with Crippen LogP contribution >= 0.6 is 0 Å². The molecular formula is C23H24N4O4. The third-order valence-electron chi connectivity index (χ3n) is 5.50. The summed E-state index contributed by atoms with van der Waals surface area (Å²) < 4.78 is 7.28. The van der Waals surface area contributed by atoms with Crippen LogP contribution in [0.3, 0.4) is 0 Å². The molecule has 4 amide bonds. The van der Waals surface area contributed by atoms with Gasteiger partial charge in [-0.25, -0.2) is 4.79 Å². The van der Waals surface area contributed by atoms with Gasteiger partial charge in [-0.3, -0.25) is 14.5 Å². The van der Waals surface area contributed by atoms with E-state index in [1.54, 1.807) is 7.11 Å². The number of nitrogens with one attached hydrogen (secondary N) is 2. The Morgan fingerprint density at radius 1 is 1.13 bits per heavy atom. The maximum atomic E-state index is 12.7. The van der Waals surface area contributed by atoms with Gasteiger partial charge in [0.15, 0.2) is 0 Å². The quantitative estimate of drug-likeness (QED) is 0.575. The van der Waals surface area contributed by atoms with E-state index in [2.05, 4.69) is 10.6 Å². The number of hydrogen-bond acceptors (Lipinski definition) is 4. The van der Waals surface area contributed by atoms with Crippen molar-refractivity contribution in [2.45, 2.75) is 18.9 Å². The van der Waals surface area contributed by atoms with Gasteiger partial charge in [-0.2, -0.15) is 0 Å². The number of anilines is 1. The molecule has 1 atom stereocenters. The number of para-hydroxylation sites is 1. The first-order valence-electron chi connectivity index (χ1n) is 10.1. The van der Waals surface area contributed by atoms with Crippen molar-refractivity contribution >= 4 is 34.4 Å². The number of aromatic nitrogens is 1. The Labute approximate surface area is 179 Å². The fourth-order valence-electron chi connectivity index (χ4n) is 3.87. The molecule has 0 bridgehead atoms. The first-order valence-corrected chi connectivity index (χ1v) is 10.1. The Hall–Kier alpha value is -3.81. The van der Waals surface area contributed by atoms with Crippen LogP contribution in [0.5, 0.6) is 5.75 Å². The van der Waals surface area contributed by atoms with E-state index in [0.29, 0.717) is 17.9 Å². The molecule has 8 heteroatoms. The van der Waals surface area contributed by atoms with Gasteiger partial charge in [0.2, 0.25) is 5.91 Å². The fourth-order valence-corrected chi connectivity index (χ4v) is 3.87. The molecule has 0 unspecified atom stereocenters. The predicted octanol–water partition coefficient (Wildman–Crippen LogP) is 2.68. The zero-order valence-corrected chi connectivity index (χ0v) is 17.4. The minimum atomic E-state index is -0.875.